The maximum Gasteiger partial charge on any atom is 0.280 e. The zero-order chi connectivity index (χ0) is 28.6. The summed E-state index contributed by atoms with van der Waals surface area (Å²) in [4.78, 5) is 25.1. The van der Waals surface area contributed by atoms with Crippen molar-refractivity contribution in [3.05, 3.63) is 118 Å². The van der Waals surface area contributed by atoms with Crippen molar-refractivity contribution in [1.82, 2.24) is 19.5 Å². The van der Waals surface area contributed by atoms with Crippen LogP contribution < -0.4 is 15.6 Å². The Bertz CT molecular complexity index is 1650. The van der Waals surface area contributed by atoms with Gasteiger partial charge in [0.25, 0.3) is 5.56 Å². The number of aliphatic hydroxyl groups excluding tert-OH is 1. The maximum atomic E-state index is 15.3. The van der Waals surface area contributed by atoms with Gasteiger partial charge in [-0.25, -0.2) is 9.37 Å². The van der Waals surface area contributed by atoms with Gasteiger partial charge in [-0.2, -0.15) is 4.98 Å². The van der Waals surface area contributed by atoms with Gasteiger partial charge in [-0.3, -0.25) is 14.3 Å². The number of alkyl halides is 1. The minimum absolute atomic E-state index is 0.0564. The number of H-pyrrole nitrogens is 1. The molecular weight excluding hydrogens is 525 g/mol. The highest BCUT2D eigenvalue weighted by Gasteiger charge is 2.44. The summed E-state index contributed by atoms with van der Waals surface area (Å²) < 4.78 is 27.9. The van der Waals surface area contributed by atoms with Crippen LogP contribution in [-0.2, 0) is 10.3 Å². The predicted molar refractivity (Wildman–Crippen MR) is 153 cm³/mol. The van der Waals surface area contributed by atoms with Crippen LogP contribution in [0.15, 0.2) is 96.1 Å². The van der Waals surface area contributed by atoms with Gasteiger partial charge in [0, 0.05) is 5.92 Å². The van der Waals surface area contributed by atoms with Crippen molar-refractivity contribution in [2.24, 2.45) is 5.92 Å². The van der Waals surface area contributed by atoms with Gasteiger partial charge in [-0.15, -0.1) is 0 Å². The summed E-state index contributed by atoms with van der Waals surface area (Å²) >= 11 is 0. The first-order valence-electron chi connectivity index (χ1n) is 13.4. The van der Waals surface area contributed by atoms with Crippen LogP contribution in [0.2, 0.25) is 0 Å². The molecule has 41 heavy (non-hydrogen) atoms. The summed E-state index contributed by atoms with van der Waals surface area (Å²) in [5, 5.41) is 13.2. The maximum absolute atomic E-state index is 15.3. The Balaban J connectivity index is 1.54. The molecule has 4 atom stereocenters. The number of aromatic nitrogens is 4. The molecule has 3 heterocycles. The molecule has 0 saturated carbocycles. The summed E-state index contributed by atoms with van der Waals surface area (Å²) in [5.74, 6) is 0.322. The first-order valence-corrected chi connectivity index (χ1v) is 13.4. The molecule has 3 aromatic carbocycles. The normalized spacial score (nSPS) is 20.8. The van der Waals surface area contributed by atoms with Gasteiger partial charge < -0.3 is 19.9 Å². The van der Waals surface area contributed by atoms with E-state index in [4.69, 9.17) is 14.5 Å². The molecule has 0 radical (unpaired) electrons. The number of halogens is 1. The quantitative estimate of drug-likeness (QED) is 0.243. The molecule has 0 bridgehead atoms. The standard InChI is InChI=1S/C31H30FN5O4/c1-19-24(17-38)41-29(25(19)32)37-18-33-26-27(37)34-30(35-28(26)39)36-31(20-9-5-3-6-10-20,21-11-7-4-8-12-21)22-13-15-23(40-2)16-14-22/h3-16,18-19,24-25,29,38H,17H2,1-2H3,(H2,34,35,36,39)/t19-,24-,25-,29-/m1/s1. The Kier molecular flexibility index (Phi) is 7.02. The van der Waals surface area contributed by atoms with E-state index in [1.54, 1.807) is 14.0 Å². The third-order valence-electron chi connectivity index (χ3n) is 7.80. The van der Waals surface area contributed by atoms with E-state index < -0.39 is 35.5 Å². The van der Waals surface area contributed by atoms with Crippen molar-refractivity contribution in [2.75, 3.05) is 19.0 Å². The SMILES string of the molecule is COc1ccc(C(Nc2nc3c(ncn3[C@@H]3O[C@H](CO)[C@@H](C)[C@H]3F)c(=O)[nH]2)(c2ccccc2)c2ccccc2)cc1. The number of ether oxygens (including phenoxy) is 2. The van der Waals surface area contributed by atoms with E-state index in [1.807, 2.05) is 84.9 Å². The average Bonchev–Trinajstić information content (AvgIpc) is 3.57. The second-order valence-electron chi connectivity index (χ2n) is 10.1. The minimum atomic E-state index is -1.42. The molecule has 5 aromatic rings. The van der Waals surface area contributed by atoms with Gasteiger partial charge in [-0.1, -0.05) is 79.7 Å². The van der Waals surface area contributed by atoms with E-state index in [9.17, 15) is 9.90 Å². The van der Waals surface area contributed by atoms with Crippen LogP contribution in [0.1, 0.15) is 29.8 Å². The van der Waals surface area contributed by atoms with Gasteiger partial charge in [0.05, 0.1) is 26.1 Å². The van der Waals surface area contributed by atoms with Gasteiger partial charge >= 0.3 is 0 Å². The van der Waals surface area contributed by atoms with Crippen LogP contribution in [0.25, 0.3) is 11.2 Å². The summed E-state index contributed by atoms with van der Waals surface area (Å²) in [5.41, 5.74) is 1.41. The van der Waals surface area contributed by atoms with Crippen LogP contribution >= 0.6 is 0 Å². The van der Waals surface area contributed by atoms with Crippen molar-refractivity contribution in [3.63, 3.8) is 0 Å². The van der Waals surface area contributed by atoms with Crippen LogP contribution in [0, 0.1) is 5.92 Å². The highest BCUT2D eigenvalue weighted by Crippen LogP contribution is 2.41. The fourth-order valence-corrected chi connectivity index (χ4v) is 5.55. The number of aromatic amines is 1. The van der Waals surface area contributed by atoms with Crippen LogP contribution in [0.4, 0.5) is 10.3 Å². The molecule has 0 aliphatic carbocycles. The largest absolute Gasteiger partial charge is 0.497 e. The Hall–Kier alpha value is -4.54. The van der Waals surface area contributed by atoms with E-state index in [0.29, 0.717) is 5.75 Å². The highest BCUT2D eigenvalue weighted by atomic mass is 19.1. The molecule has 1 fully saturated rings. The summed E-state index contributed by atoms with van der Waals surface area (Å²) in [6.45, 7) is 1.37. The number of methoxy groups -OCH3 is 1. The molecule has 9 nitrogen and oxygen atoms in total. The minimum Gasteiger partial charge on any atom is -0.497 e. The number of hydrogen-bond acceptors (Lipinski definition) is 7. The molecule has 1 saturated heterocycles. The van der Waals surface area contributed by atoms with Crippen molar-refractivity contribution in [2.45, 2.75) is 31.0 Å². The van der Waals surface area contributed by atoms with E-state index in [2.05, 4.69) is 15.3 Å². The first kappa shape index (κ1) is 26.7. The Morgan fingerprint density at radius 3 is 2.20 bits per heavy atom. The number of nitrogens with one attached hydrogen (secondary N) is 2. The molecule has 210 valence electrons. The lowest BCUT2D eigenvalue weighted by atomic mass is 9.77. The monoisotopic (exact) mass is 555 g/mol. The summed E-state index contributed by atoms with van der Waals surface area (Å²) in [6, 6.07) is 27.4. The van der Waals surface area contributed by atoms with Crippen LogP contribution in [-0.4, -0.2) is 50.6 Å². The lowest BCUT2D eigenvalue weighted by Crippen LogP contribution is -2.39. The molecule has 6 rings (SSSR count). The number of aliphatic hydroxyl groups is 1. The molecule has 1 aliphatic heterocycles. The fraction of sp³-hybridized carbons (Fsp3) is 0.258. The third kappa shape index (κ3) is 4.55. The van der Waals surface area contributed by atoms with Gasteiger partial charge in [0.2, 0.25) is 5.95 Å². The number of fused-ring (bicyclic) bond motifs is 1. The first-order chi connectivity index (χ1) is 20.0. The molecular formula is C31H30FN5O4. The molecule has 3 N–H and O–H groups in total. The number of rotatable bonds is 8. The van der Waals surface area contributed by atoms with E-state index >= 15 is 4.39 Å². The van der Waals surface area contributed by atoms with Gasteiger partial charge in [0.15, 0.2) is 23.6 Å². The third-order valence-corrected chi connectivity index (χ3v) is 7.80. The van der Waals surface area contributed by atoms with E-state index in [1.165, 1.54) is 10.9 Å². The van der Waals surface area contributed by atoms with Crippen molar-refractivity contribution < 1.29 is 19.0 Å². The van der Waals surface area contributed by atoms with Crippen LogP contribution in [0.3, 0.4) is 0 Å². The van der Waals surface area contributed by atoms with E-state index in [-0.39, 0.29) is 23.7 Å². The molecule has 0 amide bonds. The van der Waals surface area contributed by atoms with Gasteiger partial charge in [0.1, 0.15) is 11.3 Å². The van der Waals surface area contributed by atoms with Crippen LogP contribution in [0.5, 0.6) is 5.75 Å². The zero-order valence-corrected chi connectivity index (χ0v) is 22.6. The second kappa shape index (κ2) is 10.8. The Morgan fingerprint density at radius 2 is 1.63 bits per heavy atom. The summed E-state index contributed by atoms with van der Waals surface area (Å²) in [6.07, 6.45) is -1.82. The molecule has 1 aliphatic rings. The predicted octanol–water partition coefficient (Wildman–Crippen LogP) is 4.40. The van der Waals surface area contributed by atoms with E-state index in [0.717, 1.165) is 16.7 Å². The summed E-state index contributed by atoms with van der Waals surface area (Å²) in [7, 11) is 1.61. The zero-order valence-electron chi connectivity index (χ0n) is 22.6. The lowest BCUT2D eigenvalue weighted by Gasteiger charge is -2.37. The Morgan fingerprint density at radius 1 is 1.02 bits per heavy atom. The number of imidazole rings is 1. The molecule has 0 spiro atoms. The van der Waals surface area contributed by atoms with Crippen molar-refractivity contribution in [3.8, 4) is 5.75 Å². The van der Waals surface area contributed by atoms with Gasteiger partial charge in [-0.05, 0) is 28.8 Å². The number of hydrogen-bond donors (Lipinski definition) is 3. The second-order valence-corrected chi connectivity index (χ2v) is 10.1. The topological polar surface area (TPSA) is 114 Å². The lowest BCUT2D eigenvalue weighted by molar-refractivity contribution is -0.0378. The fourth-order valence-electron chi connectivity index (χ4n) is 5.55. The van der Waals surface area contributed by atoms with Crippen molar-refractivity contribution in [1.29, 1.82) is 0 Å². The van der Waals surface area contributed by atoms with Crippen molar-refractivity contribution >= 4 is 17.1 Å². The molecule has 2 aromatic heterocycles. The molecule has 0 unspecified atom stereocenters. The molecule has 10 heteroatoms. The number of anilines is 1. The average molecular weight is 556 g/mol. The highest BCUT2D eigenvalue weighted by molar-refractivity contribution is 5.71. The number of benzene rings is 3. The smallest absolute Gasteiger partial charge is 0.280 e. The Labute approximate surface area is 235 Å². The number of nitrogens with zero attached hydrogens (tertiary/aromatic N) is 3.